The first-order valence-electron chi connectivity index (χ1n) is 23.5. The van der Waals surface area contributed by atoms with E-state index >= 15 is 0 Å². The van der Waals surface area contributed by atoms with Gasteiger partial charge in [0.25, 0.3) is 0 Å². The fourth-order valence-corrected chi connectivity index (χ4v) is 7.49. The summed E-state index contributed by atoms with van der Waals surface area (Å²) >= 11 is 3.26. The van der Waals surface area contributed by atoms with Gasteiger partial charge in [-0.15, -0.1) is 0 Å². The number of alkyl halides is 1. The molecule has 0 heterocycles. The lowest BCUT2D eigenvalue weighted by molar-refractivity contribution is -0.122. The second kappa shape index (κ2) is 41.6. The Morgan fingerprint density at radius 1 is 0.442 bits per heavy atom. The molecule has 0 rings (SSSR count). The van der Waals surface area contributed by atoms with Gasteiger partial charge in [0, 0.05) is 0 Å². The highest BCUT2D eigenvalue weighted by atomic mass is 79.9. The molecule has 3 N–H and O–H groups in total. The Morgan fingerprint density at radius 2 is 0.654 bits per heavy atom. The lowest BCUT2D eigenvalue weighted by Crippen LogP contribution is -2.46. The molecule has 3 amide bonds. The Bertz CT molecular complexity index is 701. The number of carbonyl (C=O) groups excluding carboxylic acids is 2. The molecule has 0 aromatic carbocycles. The van der Waals surface area contributed by atoms with E-state index in [9.17, 15) is 9.59 Å². The molecule has 0 saturated heterocycles. The van der Waals surface area contributed by atoms with Gasteiger partial charge in [-0.1, -0.05) is 276 Å². The van der Waals surface area contributed by atoms with Gasteiger partial charge in [0.05, 0.1) is 0 Å². The Morgan fingerprint density at radius 3 is 0.846 bits per heavy atom. The van der Waals surface area contributed by atoms with Gasteiger partial charge >= 0.3 is 6.03 Å². The topological polar surface area (TPSA) is 72.2 Å². The molecule has 312 valence electrons. The van der Waals surface area contributed by atoms with Crippen LogP contribution >= 0.6 is 15.9 Å². The van der Waals surface area contributed by atoms with Crippen LogP contribution in [0.3, 0.4) is 0 Å². The number of hydrogen-bond donors (Lipinski definition) is 2. The van der Waals surface area contributed by atoms with Crippen LogP contribution in [0.1, 0.15) is 273 Å². The quantitative estimate of drug-likeness (QED) is 0.0482. The largest absolute Gasteiger partial charge is 0.351 e. The van der Waals surface area contributed by atoms with Gasteiger partial charge in [-0.2, -0.15) is 0 Å². The molecular weight excluding hydrogens is 704 g/mol. The maximum Gasteiger partial charge on any atom is 0.318 e. The second-order valence-electron chi connectivity index (χ2n) is 16.6. The van der Waals surface area contributed by atoms with Crippen LogP contribution in [-0.2, 0) is 4.79 Å². The van der Waals surface area contributed by atoms with Crippen LogP contribution in [0.25, 0.3) is 0 Å². The maximum absolute atomic E-state index is 11.3. The highest BCUT2D eigenvalue weighted by Crippen LogP contribution is 2.27. The first kappa shape index (κ1) is 53.5. The van der Waals surface area contributed by atoms with Gasteiger partial charge in [-0.3, -0.25) is 10.1 Å². The highest BCUT2D eigenvalue weighted by Gasteiger charge is 2.32. The second-order valence-corrected chi connectivity index (χ2v) is 18.1. The van der Waals surface area contributed by atoms with E-state index in [4.69, 9.17) is 5.73 Å². The molecule has 0 saturated carbocycles. The number of primary amides is 1. The molecule has 0 bridgehead atoms. The zero-order valence-corrected chi connectivity index (χ0v) is 38.0. The number of imide groups is 1. The van der Waals surface area contributed by atoms with E-state index in [0.29, 0.717) is 12.8 Å². The van der Waals surface area contributed by atoms with Crippen molar-refractivity contribution >= 4 is 27.9 Å². The molecule has 0 radical (unpaired) electrons. The van der Waals surface area contributed by atoms with Crippen LogP contribution in [0.2, 0.25) is 0 Å². The van der Waals surface area contributed by atoms with Gasteiger partial charge in [-0.25, -0.2) is 4.79 Å². The highest BCUT2D eigenvalue weighted by molar-refractivity contribution is 9.10. The summed E-state index contributed by atoms with van der Waals surface area (Å²) in [6.45, 7) is 13.4. The molecule has 0 aliphatic heterocycles. The summed E-state index contributed by atoms with van der Waals surface area (Å²) in [6, 6.07) is -0.814. The molecule has 0 aliphatic carbocycles. The smallest absolute Gasteiger partial charge is 0.318 e. The number of halogens is 1. The number of carbonyl (C=O) groups is 2. The predicted molar refractivity (Wildman–Crippen MR) is 237 cm³/mol. The van der Waals surface area contributed by atoms with Gasteiger partial charge in [-0.05, 0) is 24.7 Å². The van der Waals surface area contributed by atoms with Gasteiger partial charge < -0.3 is 5.73 Å². The summed E-state index contributed by atoms with van der Waals surface area (Å²) < 4.78 is -0.665. The first-order chi connectivity index (χ1) is 25.2. The average molecular weight is 800 g/mol. The number of hydrogen-bond acceptors (Lipinski definition) is 2. The van der Waals surface area contributed by atoms with Crippen LogP contribution in [0.15, 0.2) is 0 Å². The van der Waals surface area contributed by atoms with Crippen molar-refractivity contribution in [3.63, 3.8) is 0 Å². The van der Waals surface area contributed by atoms with Crippen LogP contribution in [0.4, 0.5) is 4.79 Å². The van der Waals surface area contributed by atoms with Crippen molar-refractivity contribution in [3.05, 3.63) is 0 Å². The van der Waals surface area contributed by atoms with Crippen LogP contribution < -0.4 is 11.1 Å². The van der Waals surface area contributed by atoms with Crippen LogP contribution in [0, 0.1) is 11.8 Å². The SMILES string of the molecule is CCC(Br)(CC)C(=O)NC(N)=O.CCCCCCCCCCCCCCCCCCC(C)C(C)CCCCCCCCCCCCCCCCCC. The molecule has 0 spiro atoms. The minimum atomic E-state index is -0.814. The molecule has 5 heteroatoms. The Kier molecular flexibility index (Phi) is 42.8. The van der Waals surface area contributed by atoms with E-state index in [0.717, 1.165) is 11.8 Å². The standard InChI is InChI=1S/C40H82.C7H13BrN2O2/c1-5-7-9-11-13-15-17-19-21-23-25-27-29-31-33-35-37-39(3)40(4)38-36-34-32-30-28-26-24-22-20-18-16-14-12-10-8-6-2;1-3-7(8,4-2)5(11)10-6(9)12/h39-40H,5-38H2,1-4H3;3-4H2,1-2H3,(H3,9,10,11,12). The van der Waals surface area contributed by atoms with Crippen molar-refractivity contribution in [3.8, 4) is 0 Å². The fourth-order valence-electron chi connectivity index (χ4n) is 7.39. The van der Waals surface area contributed by atoms with Crippen molar-refractivity contribution in [1.82, 2.24) is 5.32 Å². The summed E-state index contributed by atoms with van der Waals surface area (Å²) in [5.74, 6) is 1.49. The first-order valence-corrected chi connectivity index (χ1v) is 24.3. The van der Waals surface area contributed by atoms with Crippen molar-refractivity contribution in [1.29, 1.82) is 0 Å². The zero-order valence-electron chi connectivity index (χ0n) is 36.4. The Hall–Kier alpha value is -0.580. The van der Waals surface area contributed by atoms with E-state index in [2.05, 4.69) is 43.6 Å². The Balaban J connectivity index is 0. The number of unbranched alkanes of at least 4 members (excludes halogenated alkanes) is 30. The number of urea groups is 1. The summed E-state index contributed by atoms with van der Waals surface area (Å²) in [6.07, 6.45) is 51.3. The third-order valence-corrected chi connectivity index (χ3v) is 13.2. The van der Waals surface area contributed by atoms with E-state index in [1.807, 2.05) is 19.2 Å². The van der Waals surface area contributed by atoms with Crippen molar-refractivity contribution in [2.75, 3.05) is 0 Å². The van der Waals surface area contributed by atoms with Crippen LogP contribution in [0.5, 0.6) is 0 Å². The predicted octanol–water partition coefficient (Wildman–Crippen LogP) is 16.7. The lowest BCUT2D eigenvalue weighted by atomic mass is 9.86. The van der Waals surface area contributed by atoms with Gasteiger partial charge in [0.15, 0.2) is 0 Å². The monoisotopic (exact) mass is 799 g/mol. The molecule has 2 atom stereocenters. The van der Waals surface area contributed by atoms with Crippen molar-refractivity contribution in [2.24, 2.45) is 17.6 Å². The number of amides is 3. The number of nitrogens with one attached hydrogen (secondary N) is 1. The summed E-state index contributed by atoms with van der Waals surface area (Å²) in [4.78, 5) is 21.6. The molecule has 0 aliphatic rings. The molecule has 0 aromatic rings. The summed E-state index contributed by atoms with van der Waals surface area (Å²) in [5.41, 5.74) is 4.81. The maximum atomic E-state index is 11.3. The third-order valence-electron chi connectivity index (χ3n) is 11.8. The van der Waals surface area contributed by atoms with E-state index in [-0.39, 0.29) is 5.91 Å². The number of rotatable bonds is 38. The number of nitrogens with two attached hydrogens (primary N) is 1. The van der Waals surface area contributed by atoms with E-state index < -0.39 is 10.4 Å². The lowest BCUT2D eigenvalue weighted by Gasteiger charge is -2.21. The fraction of sp³-hybridized carbons (Fsp3) is 0.957. The van der Waals surface area contributed by atoms with Crippen molar-refractivity contribution in [2.45, 2.75) is 277 Å². The van der Waals surface area contributed by atoms with Gasteiger partial charge in [0.2, 0.25) is 5.91 Å². The zero-order chi connectivity index (χ0) is 39.0. The normalized spacial score (nSPS) is 12.7. The molecule has 2 unspecified atom stereocenters. The minimum absolute atomic E-state index is 0.375. The Labute approximate surface area is 336 Å². The van der Waals surface area contributed by atoms with Crippen LogP contribution in [-0.4, -0.2) is 16.3 Å². The summed E-state index contributed by atoms with van der Waals surface area (Å²) in [5, 5.41) is 2.04. The third kappa shape index (κ3) is 37.7. The van der Waals surface area contributed by atoms with Gasteiger partial charge in [0.1, 0.15) is 4.32 Å². The van der Waals surface area contributed by atoms with Crippen molar-refractivity contribution < 1.29 is 9.59 Å². The van der Waals surface area contributed by atoms with E-state index in [1.165, 1.54) is 218 Å². The molecule has 4 nitrogen and oxygen atoms in total. The van der Waals surface area contributed by atoms with E-state index in [1.54, 1.807) is 0 Å². The minimum Gasteiger partial charge on any atom is -0.351 e. The summed E-state index contributed by atoms with van der Waals surface area (Å²) in [7, 11) is 0. The molecule has 52 heavy (non-hydrogen) atoms. The molecule has 0 fully saturated rings. The molecule has 0 aromatic heterocycles. The molecular formula is C47H95BrN2O2. The average Bonchev–Trinajstić information content (AvgIpc) is 3.13.